The first-order chi connectivity index (χ1) is 12.4. The van der Waals surface area contributed by atoms with E-state index in [1.807, 2.05) is 0 Å². The summed E-state index contributed by atoms with van der Waals surface area (Å²) in [6.07, 6.45) is 11.9. The average molecular weight is 373 g/mol. The molecule has 0 aromatic heterocycles. The number of rotatable bonds is 17. The van der Waals surface area contributed by atoms with Gasteiger partial charge in [-0.15, -0.1) is 0 Å². The number of hydrogen-bond acceptors (Lipinski definition) is 3. The third-order valence-corrected chi connectivity index (χ3v) is 4.84. The number of hydrogen-bond donors (Lipinski definition) is 0. The highest BCUT2D eigenvalue weighted by atomic mass is 16.9. The van der Waals surface area contributed by atoms with Gasteiger partial charge in [0.1, 0.15) is 0 Å². The van der Waals surface area contributed by atoms with Crippen molar-refractivity contribution in [3.05, 3.63) is 0 Å². The lowest BCUT2D eigenvalue weighted by Gasteiger charge is -2.45. The van der Waals surface area contributed by atoms with Crippen LogP contribution in [0.15, 0.2) is 0 Å². The molecule has 0 aromatic carbocycles. The van der Waals surface area contributed by atoms with Gasteiger partial charge in [-0.25, -0.2) is 0 Å². The third kappa shape index (κ3) is 10.3. The van der Waals surface area contributed by atoms with Gasteiger partial charge >= 0.3 is 0 Å². The second-order valence-electron chi connectivity index (χ2n) is 8.62. The molecular weight excluding hydrogens is 324 g/mol. The van der Waals surface area contributed by atoms with Gasteiger partial charge in [-0.1, -0.05) is 87.0 Å². The van der Waals surface area contributed by atoms with Crippen LogP contribution in [0, 0.1) is 11.3 Å². The highest BCUT2D eigenvalue weighted by Crippen LogP contribution is 2.42. The van der Waals surface area contributed by atoms with Crippen molar-refractivity contribution >= 4 is 0 Å². The van der Waals surface area contributed by atoms with Gasteiger partial charge in [-0.05, 0) is 31.1 Å². The van der Waals surface area contributed by atoms with E-state index in [2.05, 4.69) is 48.5 Å². The van der Waals surface area contributed by atoms with E-state index in [9.17, 15) is 0 Å². The monoisotopic (exact) mass is 372 g/mol. The summed E-state index contributed by atoms with van der Waals surface area (Å²) in [4.78, 5) is 0. The van der Waals surface area contributed by atoms with E-state index in [0.717, 1.165) is 25.7 Å². The standard InChI is InChI=1S/C23H48O3/c1-8-12-13-14-15-16-17-21(22(5,6)7)23(24-18-9-2,25-19-10-3)26-20-11-4/h21H,8-20H2,1-7H3. The highest BCUT2D eigenvalue weighted by molar-refractivity contribution is 4.83. The van der Waals surface area contributed by atoms with Crippen LogP contribution in [0.4, 0.5) is 0 Å². The normalized spacial score (nSPS) is 14.0. The van der Waals surface area contributed by atoms with Crippen LogP contribution in [-0.4, -0.2) is 25.8 Å². The summed E-state index contributed by atoms with van der Waals surface area (Å²) < 4.78 is 19.0. The molecule has 0 aliphatic rings. The SMILES string of the molecule is CCCCCCCCC(C(C)(C)C)C(OCCC)(OCCC)OCCC. The molecule has 0 saturated carbocycles. The Bertz CT molecular complexity index is 287. The van der Waals surface area contributed by atoms with E-state index < -0.39 is 5.97 Å². The van der Waals surface area contributed by atoms with Crippen LogP contribution < -0.4 is 0 Å². The molecule has 0 heterocycles. The molecule has 0 aromatic rings. The maximum absolute atomic E-state index is 6.32. The molecule has 0 N–H and O–H groups in total. The minimum absolute atomic E-state index is 0.0681. The van der Waals surface area contributed by atoms with Crippen LogP contribution in [-0.2, 0) is 14.2 Å². The predicted octanol–water partition coefficient (Wildman–Crippen LogP) is 7.33. The van der Waals surface area contributed by atoms with Gasteiger partial charge in [0.25, 0.3) is 5.97 Å². The molecule has 0 bridgehead atoms. The van der Waals surface area contributed by atoms with Crippen molar-refractivity contribution in [2.75, 3.05) is 19.8 Å². The summed E-state index contributed by atoms with van der Waals surface area (Å²) in [5.41, 5.74) is 0.0681. The summed E-state index contributed by atoms with van der Waals surface area (Å²) in [6, 6.07) is 0. The molecule has 158 valence electrons. The third-order valence-electron chi connectivity index (χ3n) is 4.84. The van der Waals surface area contributed by atoms with E-state index in [0.29, 0.717) is 19.8 Å². The van der Waals surface area contributed by atoms with Crippen molar-refractivity contribution in [2.24, 2.45) is 11.3 Å². The number of ether oxygens (including phenoxy) is 3. The fraction of sp³-hybridized carbons (Fsp3) is 1.00. The quantitative estimate of drug-likeness (QED) is 0.197. The van der Waals surface area contributed by atoms with Gasteiger partial charge in [0.2, 0.25) is 0 Å². The van der Waals surface area contributed by atoms with E-state index in [4.69, 9.17) is 14.2 Å². The lowest BCUT2D eigenvalue weighted by atomic mass is 9.75. The molecule has 0 aliphatic heterocycles. The Morgan fingerprint density at radius 1 is 0.577 bits per heavy atom. The lowest BCUT2D eigenvalue weighted by Crippen LogP contribution is -2.51. The fourth-order valence-corrected chi connectivity index (χ4v) is 3.43. The minimum Gasteiger partial charge on any atom is -0.327 e. The largest absolute Gasteiger partial charge is 0.327 e. The van der Waals surface area contributed by atoms with Crippen LogP contribution in [0.5, 0.6) is 0 Å². The van der Waals surface area contributed by atoms with Crippen molar-refractivity contribution in [1.82, 2.24) is 0 Å². The van der Waals surface area contributed by atoms with Crippen LogP contribution in [0.1, 0.15) is 113 Å². The molecule has 1 unspecified atom stereocenters. The van der Waals surface area contributed by atoms with E-state index >= 15 is 0 Å². The maximum atomic E-state index is 6.32. The van der Waals surface area contributed by atoms with Crippen LogP contribution in [0.2, 0.25) is 0 Å². The summed E-state index contributed by atoms with van der Waals surface area (Å²) in [6.45, 7) is 17.6. The Labute approximate surface area is 164 Å². The Hall–Kier alpha value is -0.120. The average Bonchev–Trinajstić information content (AvgIpc) is 2.60. The minimum atomic E-state index is -0.899. The smallest absolute Gasteiger partial charge is 0.286 e. The predicted molar refractivity (Wildman–Crippen MR) is 112 cm³/mol. The van der Waals surface area contributed by atoms with Crippen molar-refractivity contribution in [2.45, 2.75) is 119 Å². The Morgan fingerprint density at radius 2 is 1.00 bits per heavy atom. The molecule has 26 heavy (non-hydrogen) atoms. The topological polar surface area (TPSA) is 27.7 Å². The van der Waals surface area contributed by atoms with Crippen LogP contribution in [0.3, 0.4) is 0 Å². The zero-order chi connectivity index (χ0) is 19.9. The van der Waals surface area contributed by atoms with E-state index in [1.54, 1.807) is 0 Å². The molecule has 0 radical (unpaired) electrons. The van der Waals surface area contributed by atoms with Gasteiger partial charge in [0.15, 0.2) is 0 Å². The zero-order valence-electron chi connectivity index (χ0n) is 19.0. The summed E-state index contributed by atoms with van der Waals surface area (Å²) in [5, 5.41) is 0. The van der Waals surface area contributed by atoms with E-state index in [-0.39, 0.29) is 11.3 Å². The van der Waals surface area contributed by atoms with Crippen molar-refractivity contribution in [1.29, 1.82) is 0 Å². The zero-order valence-corrected chi connectivity index (χ0v) is 19.0. The van der Waals surface area contributed by atoms with Crippen LogP contribution in [0.25, 0.3) is 0 Å². The molecule has 0 fully saturated rings. The van der Waals surface area contributed by atoms with Crippen molar-refractivity contribution < 1.29 is 14.2 Å². The second kappa shape index (κ2) is 14.9. The molecule has 0 rings (SSSR count). The van der Waals surface area contributed by atoms with Gasteiger partial charge in [0, 0.05) is 5.92 Å². The van der Waals surface area contributed by atoms with Gasteiger partial charge in [-0.3, -0.25) is 0 Å². The van der Waals surface area contributed by atoms with Crippen molar-refractivity contribution in [3.63, 3.8) is 0 Å². The molecule has 3 nitrogen and oxygen atoms in total. The molecule has 0 saturated heterocycles. The Morgan fingerprint density at radius 3 is 1.38 bits per heavy atom. The summed E-state index contributed by atoms with van der Waals surface area (Å²) in [5.74, 6) is -0.671. The Balaban J connectivity index is 5.20. The first-order valence-electron chi connectivity index (χ1n) is 11.3. The highest BCUT2D eigenvalue weighted by Gasteiger charge is 2.48. The van der Waals surface area contributed by atoms with Gasteiger partial charge in [-0.2, -0.15) is 0 Å². The molecule has 0 amide bonds. The second-order valence-corrected chi connectivity index (χ2v) is 8.62. The maximum Gasteiger partial charge on any atom is 0.286 e. The summed E-state index contributed by atoms with van der Waals surface area (Å²) >= 11 is 0. The van der Waals surface area contributed by atoms with Crippen molar-refractivity contribution in [3.8, 4) is 0 Å². The molecule has 0 spiro atoms. The molecule has 3 heteroatoms. The van der Waals surface area contributed by atoms with E-state index in [1.165, 1.54) is 38.5 Å². The molecule has 0 aliphatic carbocycles. The molecular formula is C23H48O3. The van der Waals surface area contributed by atoms with Crippen LogP contribution >= 0.6 is 0 Å². The fourth-order valence-electron chi connectivity index (χ4n) is 3.43. The lowest BCUT2D eigenvalue weighted by molar-refractivity contribution is -0.416. The first kappa shape index (κ1) is 25.9. The van der Waals surface area contributed by atoms with Gasteiger partial charge < -0.3 is 14.2 Å². The van der Waals surface area contributed by atoms with Gasteiger partial charge in [0.05, 0.1) is 19.8 Å². The number of unbranched alkanes of at least 4 members (excludes halogenated alkanes) is 5. The Kier molecular flexibility index (Phi) is 14.8. The first-order valence-corrected chi connectivity index (χ1v) is 11.3. The molecule has 1 atom stereocenters. The summed E-state index contributed by atoms with van der Waals surface area (Å²) in [7, 11) is 0.